The second-order valence-electron chi connectivity index (χ2n) is 5.09. The number of carbonyl (C=O) groups excluding carboxylic acids is 1. The number of hydrogen-bond acceptors (Lipinski definition) is 4. The molecule has 1 unspecified atom stereocenters. The first-order chi connectivity index (χ1) is 11.6. The van der Waals surface area contributed by atoms with Gasteiger partial charge in [0.15, 0.2) is 0 Å². The maximum atomic E-state index is 12.4. The van der Waals surface area contributed by atoms with Gasteiger partial charge in [-0.3, -0.25) is 9.00 Å². The third-order valence-corrected chi connectivity index (χ3v) is 5.27. The molecule has 6 heteroatoms. The van der Waals surface area contributed by atoms with Crippen molar-refractivity contribution in [3.05, 3.63) is 59.7 Å². The van der Waals surface area contributed by atoms with Gasteiger partial charge in [0.1, 0.15) is 6.07 Å². The highest BCUT2D eigenvalue weighted by Crippen LogP contribution is 2.32. The van der Waals surface area contributed by atoms with Crippen LogP contribution in [0.25, 0.3) is 0 Å². The highest BCUT2D eigenvalue weighted by molar-refractivity contribution is 7.99. The fourth-order valence-electron chi connectivity index (χ4n) is 2.08. The molecule has 0 aliphatic heterocycles. The minimum absolute atomic E-state index is 0.158. The Morgan fingerprint density at radius 1 is 1.17 bits per heavy atom. The van der Waals surface area contributed by atoms with Crippen molar-refractivity contribution in [2.45, 2.75) is 16.2 Å². The third kappa shape index (κ3) is 5.22. The summed E-state index contributed by atoms with van der Waals surface area (Å²) in [6.07, 6.45) is 2.34. The summed E-state index contributed by atoms with van der Waals surface area (Å²) in [6, 6.07) is 16.8. The molecule has 0 aliphatic rings. The molecule has 24 heavy (non-hydrogen) atoms. The summed E-state index contributed by atoms with van der Waals surface area (Å²) in [5.41, 5.74) is 1.16. The van der Waals surface area contributed by atoms with E-state index < -0.39 is 10.8 Å². The average molecular weight is 358 g/mol. The molecule has 0 fully saturated rings. The molecule has 0 heterocycles. The number of hydrogen-bond donors (Lipinski definition) is 1. The van der Waals surface area contributed by atoms with Crippen LogP contribution in [0.5, 0.6) is 0 Å². The predicted octanol–water partition coefficient (Wildman–Crippen LogP) is 3.21. The molecule has 0 saturated carbocycles. The van der Waals surface area contributed by atoms with Crippen LogP contribution in [0.2, 0.25) is 0 Å². The Balaban J connectivity index is 2.11. The van der Waals surface area contributed by atoms with E-state index in [1.54, 1.807) is 18.4 Å². The number of nitrogens with one attached hydrogen (secondary N) is 1. The van der Waals surface area contributed by atoms with Crippen LogP contribution in [0, 0.1) is 11.3 Å². The van der Waals surface area contributed by atoms with E-state index in [1.807, 2.05) is 36.4 Å². The minimum Gasteiger partial charge on any atom is -0.352 e. The molecule has 0 spiro atoms. The molecule has 2 aromatic carbocycles. The zero-order chi connectivity index (χ0) is 17.4. The van der Waals surface area contributed by atoms with Gasteiger partial charge >= 0.3 is 0 Å². The van der Waals surface area contributed by atoms with Crippen LogP contribution in [0.4, 0.5) is 0 Å². The first kappa shape index (κ1) is 18.2. The molecule has 1 amide bonds. The number of benzene rings is 2. The van der Waals surface area contributed by atoms with E-state index in [9.17, 15) is 14.3 Å². The molecule has 0 aliphatic carbocycles. The van der Waals surface area contributed by atoms with Crippen LogP contribution >= 0.6 is 11.8 Å². The van der Waals surface area contributed by atoms with Gasteiger partial charge in [0.05, 0.1) is 11.1 Å². The van der Waals surface area contributed by atoms with Gasteiger partial charge in [-0.15, -0.1) is 0 Å². The smallest absolute Gasteiger partial charge is 0.252 e. The number of nitrogens with zero attached hydrogens (tertiary/aromatic N) is 1. The Morgan fingerprint density at radius 3 is 2.54 bits per heavy atom. The average Bonchev–Trinajstić information content (AvgIpc) is 2.59. The van der Waals surface area contributed by atoms with E-state index in [0.29, 0.717) is 29.8 Å². The second-order valence-corrected chi connectivity index (χ2v) is 7.73. The van der Waals surface area contributed by atoms with E-state index in [1.165, 1.54) is 11.8 Å². The number of nitriles is 1. The van der Waals surface area contributed by atoms with Crippen molar-refractivity contribution in [3.8, 4) is 6.07 Å². The topological polar surface area (TPSA) is 70.0 Å². The fraction of sp³-hybridized carbons (Fsp3) is 0.222. The van der Waals surface area contributed by atoms with Crippen LogP contribution in [0.3, 0.4) is 0 Å². The Labute approximate surface area is 148 Å². The molecule has 1 N–H and O–H groups in total. The Morgan fingerprint density at radius 2 is 1.83 bits per heavy atom. The van der Waals surface area contributed by atoms with Crippen molar-refractivity contribution in [2.75, 3.05) is 18.6 Å². The van der Waals surface area contributed by atoms with Crippen LogP contribution < -0.4 is 5.32 Å². The molecule has 0 radical (unpaired) electrons. The monoisotopic (exact) mass is 358 g/mol. The van der Waals surface area contributed by atoms with E-state index >= 15 is 0 Å². The summed E-state index contributed by atoms with van der Waals surface area (Å²) >= 11 is 1.41. The van der Waals surface area contributed by atoms with Crippen LogP contribution in [0.15, 0.2) is 58.3 Å². The van der Waals surface area contributed by atoms with Gasteiger partial charge in [0.2, 0.25) is 0 Å². The molecular formula is C18H18N2O2S2. The first-order valence-corrected chi connectivity index (χ1v) is 10.0. The molecule has 4 nitrogen and oxygen atoms in total. The van der Waals surface area contributed by atoms with Crippen molar-refractivity contribution in [1.29, 1.82) is 5.26 Å². The van der Waals surface area contributed by atoms with E-state index in [2.05, 4.69) is 11.4 Å². The van der Waals surface area contributed by atoms with E-state index in [0.717, 1.165) is 9.79 Å². The summed E-state index contributed by atoms with van der Waals surface area (Å²) in [6.45, 7) is 0.492. The Hall–Kier alpha value is -2.10. The number of carbonyl (C=O) groups is 1. The normalized spacial score (nSPS) is 11.5. The van der Waals surface area contributed by atoms with Crippen molar-refractivity contribution < 1.29 is 9.00 Å². The summed E-state index contributed by atoms with van der Waals surface area (Å²) in [4.78, 5) is 14.0. The lowest BCUT2D eigenvalue weighted by molar-refractivity contribution is 0.0951. The van der Waals surface area contributed by atoms with E-state index in [-0.39, 0.29) is 5.91 Å². The van der Waals surface area contributed by atoms with Crippen molar-refractivity contribution in [3.63, 3.8) is 0 Å². The highest BCUT2D eigenvalue weighted by atomic mass is 32.2. The van der Waals surface area contributed by atoms with Crippen LogP contribution in [-0.2, 0) is 10.8 Å². The summed E-state index contributed by atoms with van der Waals surface area (Å²) in [5, 5.41) is 12.1. The summed E-state index contributed by atoms with van der Waals surface area (Å²) in [5.74, 6) is 0.418. The van der Waals surface area contributed by atoms with Gasteiger partial charge in [0, 0.05) is 39.1 Å². The van der Waals surface area contributed by atoms with Gasteiger partial charge in [-0.2, -0.15) is 5.26 Å². The molecule has 0 bridgehead atoms. The third-order valence-electron chi connectivity index (χ3n) is 3.25. The van der Waals surface area contributed by atoms with Gasteiger partial charge in [-0.05, 0) is 30.7 Å². The standard InChI is InChI=1S/C18H18N2O2S2/c1-24(22)12-6-11-20-18(21)15-8-3-5-10-17(15)23-16-9-4-2-7-14(16)13-19/h2-5,7-10H,6,11-12H2,1H3,(H,20,21). The largest absolute Gasteiger partial charge is 0.352 e. The van der Waals surface area contributed by atoms with Crippen molar-refractivity contribution in [2.24, 2.45) is 0 Å². The van der Waals surface area contributed by atoms with Gasteiger partial charge in [0.25, 0.3) is 5.91 Å². The molecular weight excluding hydrogens is 340 g/mol. The lowest BCUT2D eigenvalue weighted by Crippen LogP contribution is -2.25. The van der Waals surface area contributed by atoms with Crippen LogP contribution in [-0.4, -0.2) is 28.7 Å². The Kier molecular flexibility index (Phi) is 7.04. The molecule has 0 aromatic heterocycles. The fourth-order valence-corrected chi connectivity index (χ4v) is 3.66. The highest BCUT2D eigenvalue weighted by Gasteiger charge is 2.13. The molecule has 124 valence electrons. The minimum atomic E-state index is -0.845. The van der Waals surface area contributed by atoms with Gasteiger partial charge < -0.3 is 5.32 Å². The molecule has 1 atom stereocenters. The molecule has 0 saturated heterocycles. The lowest BCUT2D eigenvalue weighted by Gasteiger charge is -2.10. The number of amides is 1. The van der Waals surface area contributed by atoms with Gasteiger partial charge in [-0.25, -0.2) is 0 Å². The summed E-state index contributed by atoms with van der Waals surface area (Å²) < 4.78 is 11.0. The van der Waals surface area contributed by atoms with Crippen LogP contribution in [0.1, 0.15) is 22.3 Å². The summed E-state index contributed by atoms with van der Waals surface area (Å²) in [7, 11) is -0.845. The SMILES string of the molecule is CS(=O)CCCNC(=O)c1ccccc1Sc1ccccc1C#N. The number of rotatable bonds is 7. The first-order valence-electron chi connectivity index (χ1n) is 7.46. The second kappa shape index (κ2) is 9.26. The van der Waals surface area contributed by atoms with Gasteiger partial charge in [-0.1, -0.05) is 36.0 Å². The van der Waals surface area contributed by atoms with Crippen molar-refractivity contribution >= 4 is 28.5 Å². The molecule has 2 rings (SSSR count). The van der Waals surface area contributed by atoms with E-state index in [4.69, 9.17) is 0 Å². The predicted molar refractivity (Wildman–Crippen MR) is 97.6 cm³/mol. The zero-order valence-electron chi connectivity index (χ0n) is 13.3. The quantitative estimate of drug-likeness (QED) is 0.772. The zero-order valence-corrected chi connectivity index (χ0v) is 15.0. The lowest BCUT2D eigenvalue weighted by atomic mass is 10.2. The maximum Gasteiger partial charge on any atom is 0.252 e. The molecule has 2 aromatic rings. The Bertz CT molecular complexity index is 785. The van der Waals surface area contributed by atoms with Crippen molar-refractivity contribution in [1.82, 2.24) is 5.32 Å². The maximum absolute atomic E-state index is 12.4.